The number of ether oxygens (including phenoxy) is 8. The Morgan fingerprint density at radius 1 is 0.472 bits per heavy atom. The van der Waals surface area contributed by atoms with Crippen molar-refractivity contribution in [3.8, 4) is 34.5 Å². The molecule has 568 valence electrons. The Labute approximate surface area is 606 Å². The van der Waals surface area contributed by atoms with Crippen molar-refractivity contribution in [2.45, 2.75) is 101 Å². The number of fused-ring (bicyclic) bond motifs is 6. The average Bonchev–Trinajstić information content (AvgIpc) is 0.762. The molecule has 6 aromatic rings. The third-order valence-corrected chi connectivity index (χ3v) is 19.5. The number of aliphatic hydroxyl groups excluding tert-OH is 3. The van der Waals surface area contributed by atoms with Gasteiger partial charge in [-0.2, -0.15) is 39.5 Å². The lowest BCUT2D eigenvalue weighted by molar-refractivity contribution is -0.138. The number of halogens is 9. The molecule has 0 unspecified atom stereocenters. The van der Waals surface area contributed by atoms with E-state index in [2.05, 4.69) is 16.0 Å². The van der Waals surface area contributed by atoms with Crippen LogP contribution in [0.5, 0.6) is 34.5 Å². The van der Waals surface area contributed by atoms with Gasteiger partial charge >= 0.3 is 18.5 Å². The zero-order valence-electron chi connectivity index (χ0n) is 58.8. The second-order valence-corrected chi connectivity index (χ2v) is 26.6. The Morgan fingerprint density at radius 3 is 1.11 bits per heavy atom. The van der Waals surface area contributed by atoms with Crippen molar-refractivity contribution >= 4 is 68.6 Å². The van der Waals surface area contributed by atoms with E-state index >= 15 is 0 Å². The summed E-state index contributed by atoms with van der Waals surface area (Å²) in [5.74, 6) is 0.554. The molecule has 6 heterocycles. The zero-order chi connectivity index (χ0) is 75.8. The highest BCUT2D eigenvalue weighted by atomic mass is 19.4. The molecule has 7 aliphatic rings. The Morgan fingerprint density at radius 2 is 0.802 bits per heavy atom. The molecule has 1 spiro atoms. The van der Waals surface area contributed by atoms with Crippen LogP contribution in [-0.4, -0.2) is 156 Å². The summed E-state index contributed by atoms with van der Waals surface area (Å²) < 4.78 is 166. The highest BCUT2D eigenvalue weighted by molar-refractivity contribution is 6.08. The number of rotatable bonds is 18. The van der Waals surface area contributed by atoms with E-state index in [4.69, 9.17) is 37.9 Å². The maximum Gasteiger partial charge on any atom is 0.416 e. The normalized spacial score (nSPS) is 18.2. The van der Waals surface area contributed by atoms with Gasteiger partial charge in [-0.15, -0.1) is 0 Å². The Bertz CT molecular complexity index is 4280. The minimum absolute atomic E-state index is 0.00140. The van der Waals surface area contributed by atoms with Crippen LogP contribution < -0.4 is 59.1 Å². The second kappa shape index (κ2) is 32.6. The second-order valence-electron chi connectivity index (χ2n) is 26.6. The molecule has 13 rings (SSSR count). The van der Waals surface area contributed by atoms with E-state index in [9.17, 15) is 69.2 Å². The molecule has 0 radical (unpaired) electrons. The first kappa shape index (κ1) is 77.4. The number of benzene rings is 6. The van der Waals surface area contributed by atoms with Crippen LogP contribution in [0.1, 0.15) is 98.6 Å². The van der Waals surface area contributed by atoms with Gasteiger partial charge in [0.1, 0.15) is 48.3 Å². The molecule has 6 aromatic carbocycles. The largest absolute Gasteiger partial charge is 0.487 e. The number of nitrogens with one attached hydrogen (secondary N) is 3. The molecule has 6 aliphatic heterocycles. The van der Waals surface area contributed by atoms with E-state index in [0.29, 0.717) is 152 Å². The van der Waals surface area contributed by atoms with Gasteiger partial charge in [-0.1, -0.05) is 50.2 Å². The number of para-hydroxylation sites is 3. The highest BCUT2D eigenvalue weighted by Gasteiger charge is 2.46. The van der Waals surface area contributed by atoms with Gasteiger partial charge in [0.2, 0.25) is 17.7 Å². The van der Waals surface area contributed by atoms with Crippen molar-refractivity contribution in [1.82, 2.24) is 0 Å². The first-order valence-electron chi connectivity index (χ1n) is 34.8. The molecule has 20 nitrogen and oxygen atoms in total. The Hall–Kier alpha value is -9.68. The molecule has 3 amide bonds. The lowest BCUT2D eigenvalue weighted by atomic mass is 9.72. The third-order valence-electron chi connectivity index (χ3n) is 19.5. The van der Waals surface area contributed by atoms with Crippen molar-refractivity contribution in [3.63, 3.8) is 0 Å². The summed E-state index contributed by atoms with van der Waals surface area (Å²) in [6, 6.07) is 26.1. The number of β-amino-alcohol motifs (C(OH)–C–C–N with tert-alkyl or cyclic N) is 3. The monoisotopic (exact) mass is 1490 g/mol. The predicted molar refractivity (Wildman–Crippen MR) is 380 cm³/mol. The molecular formula is C77H83F9N6O14. The number of carbonyl (C=O) groups excluding carboxylic acids is 3. The number of anilines is 6. The van der Waals surface area contributed by atoms with Gasteiger partial charge in [0.25, 0.3) is 0 Å². The van der Waals surface area contributed by atoms with Crippen molar-refractivity contribution < 1.29 is 107 Å². The van der Waals surface area contributed by atoms with Crippen LogP contribution in [0.2, 0.25) is 0 Å². The summed E-state index contributed by atoms with van der Waals surface area (Å²) >= 11 is 0. The fourth-order valence-electron chi connectivity index (χ4n) is 14.1. The van der Waals surface area contributed by atoms with E-state index in [1.54, 1.807) is 36.4 Å². The summed E-state index contributed by atoms with van der Waals surface area (Å²) in [6.07, 6.45) is -4.67. The van der Waals surface area contributed by atoms with Crippen LogP contribution >= 0.6 is 0 Å². The first-order chi connectivity index (χ1) is 50.7. The molecule has 0 saturated heterocycles. The van der Waals surface area contributed by atoms with Gasteiger partial charge in [0.15, 0.2) is 22.8 Å². The van der Waals surface area contributed by atoms with Crippen molar-refractivity contribution in [1.29, 1.82) is 0 Å². The van der Waals surface area contributed by atoms with Crippen LogP contribution in [0.25, 0.3) is 16.7 Å². The standard InChI is InChI=1S/C26H29F3N2O6.C26H29F3N2O4.C25H25F3N2O4/c1-34-15-25(16-35-2)14-17(19-7-6-18(26(27,28)29)13-22(19)37-25)12-23(33)30-20-4-3-5-21-24(20)36-11-9-31(21)8-10-32;1-3-25(4-2)16-17(19-9-8-18(26(27,28)29)15-22(19)35-25)14-23(33)30-20-6-5-7-21-24(20)34-13-11-31(21)10-12-32;26-25(27,28)17-5-6-18-16(15-24(7-2-8-24)34-21(18)14-17)13-22(32)29-19-3-1-4-20-23(19)33-12-10-30(20)9-11-31/h3-7,12-13,32H,8-11,14-16H2,1-2H3,(H,30,33);5-9,14-15,32H,3-4,10-13,16H2,1-2H3,(H,30,33);1,3-6,13-14,31H,2,7-12,15H2,(H,29,32)/b17-12+;17-14+;16-13+. The molecule has 6 N–H and O–H groups in total. The summed E-state index contributed by atoms with van der Waals surface area (Å²) in [6.45, 7) is 8.33. The smallest absolute Gasteiger partial charge is 0.416 e. The van der Waals surface area contributed by atoms with E-state index in [0.717, 1.165) is 72.7 Å². The zero-order valence-corrected chi connectivity index (χ0v) is 58.8. The fourth-order valence-corrected chi connectivity index (χ4v) is 14.1. The van der Waals surface area contributed by atoms with E-state index in [1.807, 2.05) is 46.7 Å². The fraction of sp³-hybridized carbons (Fsp3) is 0.416. The maximum atomic E-state index is 13.4. The molecule has 29 heteroatoms. The minimum Gasteiger partial charge on any atom is -0.487 e. The molecule has 0 bridgehead atoms. The van der Waals surface area contributed by atoms with Crippen LogP contribution in [0.15, 0.2) is 127 Å². The van der Waals surface area contributed by atoms with Gasteiger partial charge in [-0.05, 0) is 122 Å². The van der Waals surface area contributed by atoms with E-state index in [-0.39, 0.29) is 56.7 Å². The van der Waals surface area contributed by atoms with E-state index < -0.39 is 69.7 Å². The van der Waals surface area contributed by atoms with Crippen molar-refractivity contribution in [2.75, 3.05) is 137 Å². The molecule has 0 atom stereocenters. The summed E-state index contributed by atoms with van der Waals surface area (Å²) in [5.41, 5.74) is 2.09. The van der Waals surface area contributed by atoms with Crippen LogP contribution in [0, 0.1) is 0 Å². The summed E-state index contributed by atoms with van der Waals surface area (Å²) in [7, 11) is 2.91. The number of methoxy groups -OCH3 is 2. The van der Waals surface area contributed by atoms with E-state index in [1.165, 1.54) is 50.6 Å². The highest BCUT2D eigenvalue weighted by Crippen LogP contribution is 2.52. The SMILES string of the molecule is CCC1(CC)C/C(=C\C(=O)Nc2cccc3c2OCCN3CCO)c2ccc(C(F)(F)F)cc2O1.COCC1(COC)C/C(=C\C(=O)Nc2cccc3c2OCCN3CCO)c2ccc(C(F)(F)F)cc2O1.O=C(/C=C1\CC2(CCC2)Oc2cc(C(F)(F)F)ccc21)Nc1cccc2c1OCCN2CCO. The van der Waals surface area contributed by atoms with Gasteiger partial charge in [-0.3, -0.25) is 14.4 Å². The van der Waals surface area contributed by atoms with Crippen molar-refractivity contribution in [3.05, 3.63) is 161 Å². The molecular weight excluding hydrogens is 1400 g/mol. The third kappa shape index (κ3) is 17.6. The average molecular weight is 1490 g/mol. The molecule has 1 fully saturated rings. The number of nitrogens with zero attached hydrogens (tertiary/aromatic N) is 3. The number of hydrogen-bond acceptors (Lipinski definition) is 17. The topological polar surface area (TPSA) is 232 Å². The first-order valence-corrected chi connectivity index (χ1v) is 34.8. The number of hydrogen-bond donors (Lipinski definition) is 6. The molecule has 1 aliphatic carbocycles. The lowest BCUT2D eigenvalue weighted by Gasteiger charge is -2.46. The van der Waals surface area contributed by atoms with Crippen LogP contribution in [-0.2, 0) is 42.4 Å². The summed E-state index contributed by atoms with van der Waals surface area (Å²) in [4.78, 5) is 45.2. The lowest BCUT2D eigenvalue weighted by Crippen LogP contribution is -2.47. The Kier molecular flexibility index (Phi) is 23.8. The molecule has 106 heavy (non-hydrogen) atoms. The minimum atomic E-state index is -4.56. The summed E-state index contributed by atoms with van der Waals surface area (Å²) in [5, 5.41) is 36.5. The number of carbonyl (C=O) groups is 3. The maximum absolute atomic E-state index is 13.4. The Balaban J connectivity index is 0.000000159. The number of aliphatic hydroxyl groups is 3. The molecule has 1 saturated carbocycles. The quantitative estimate of drug-likeness (QED) is 0.0347. The van der Waals surface area contributed by atoms with Gasteiger partial charge in [0, 0.05) is 88.0 Å². The molecule has 0 aromatic heterocycles. The number of alkyl halides is 9. The predicted octanol–water partition coefficient (Wildman–Crippen LogP) is 13.6. The number of amides is 3. The van der Waals surface area contributed by atoms with Gasteiger partial charge in [0.05, 0.1) is 103 Å². The van der Waals surface area contributed by atoms with Gasteiger partial charge in [-0.25, -0.2) is 0 Å². The van der Waals surface area contributed by atoms with Crippen molar-refractivity contribution in [2.24, 2.45) is 0 Å². The van der Waals surface area contributed by atoms with Gasteiger partial charge < -0.3 is 83.9 Å². The van der Waals surface area contributed by atoms with Crippen LogP contribution in [0.3, 0.4) is 0 Å². The van der Waals surface area contributed by atoms with Crippen LogP contribution in [0.4, 0.5) is 73.6 Å².